The topological polar surface area (TPSA) is 46.2 Å². The number of phenolic OH excluding ortho intramolecular Hbond substituents is 1. The van der Waals surface area contributed by atoms with Gasteiger partial charge in [0.15, 0.2) is 0 Å². The molecular weight excluding hydrogens is 210 g/mol. The van der Waals surface area contributed by atoms with Crippen molar-refractivity contribution < 1.29 is 5.11 Å². The molecule has 0 aliphatic heterocycles. The van der Waals surface area contributed by atoms with Gasteiger partial charge in [0.1, 0.15) is 5.75 Å². The summed E-state index contributed by atoms with van der Waals surface area (Å²) < 4.78 is 0. The van der Waals surface area contributed by atoms with Gasteiger partial charge in [-0.2, -0.15) is 0 Å². The summed E-state index contributed by atoms with van der Waals surface area (Å²) in [5.74, 6) is 1.29. The number of aromatic hydroxyl groups is 1. The maximum Gasteiger partial charge on any atom is 0.119 e. The monoisotopic (exact) mass is 235 g/mol. The molecule has 0 fully saturated rings. The number of aryl methyl sites for hydroxylation is 1. The molecule has 1 aromatic carbocycles. The van der Waals surface area contributed by atoms with E-state index in [1.54, 1.807) is 0 Å². The minimum absolute atomic E-state index is 0.0631. The lowest BCUT2D eigenvalue weighted by molar-refractivity contribution is 0.462. The summed E-state index contributed by atoms with van der Waals surface area (Å²) in [6.45, 7) is 10.5. The van der Waals surface area contributed by atoms with Crippen LogP contribution in [0.5, 0.6) is 5.75 Å². The third-order valence-corrected chi connectivity index (χ3v) is 3.16. The number of benzene rings is 1. The minimum atomic E-state index is 0.0631. The van der Waals surface area contributed by atoms with Gasteiger partial charge < -0.3 is 10.8 Å². The predicted octanol–water partition coefficient (Wildman–Crippen LogP) is 3.87. The van der Waals surface area contributed by atoms with E-state index in [1.807, 2.05) is 13.0 Å². The quantitative estimate of drug-likeness (QED) is 0.832. The van der Waals surface area contributed by atoms with Crippen LogP contribution in [0.3, 0.4) is 0 Å². The molecule has 1 unspecified atom stereocenters. The van der Waals surface area contributed by atoms with Crippen LogP contribution < -0.4 is 5.73 Å². The molecule has 96 valence electrons. The van der Waals surface area contributed by atoms with Gasteiger partial charge in [0.25, 0.3) is 0 Å². The molecule has 2 nitrogen and oxygen atoms in total. The van der Waals surface area contributed by atoms with E-state index in [9.17, 15) is 5.11 Å². The maximum absolute atomic E-state index is 9.91. The lowest BCUT2D eigenvalue weighted by Gasteiger charge is -2.20. The van der Waals surface area contributed by atoms with Crippen LogP contribution in [0.15, 0.2) is 12.1 Å². The van der Waals surface area contributed by atoms with Gasteiger partial charge in [-0.15, -0.1) is 0 Å². The van der Waals surface area contributed by atoms with Crippen LogP contribution >= 0.6 is 0 Å². The van der Waals surface area contributed by atoms with E-state index in [-0.39, 0.29) is 6.04 Å². The van der Waals surface area contributed by atoms with Gasteiger partial charge >= 0.3 is 0 Å². The van der Waals surface area contributed by atoms with Crippen LogP contribution in [-0.4, -0.2) is 5.11 Å². The fourth-order valence-electron chi connectivity index (χ4n) is 2.22. The molecule has 0 saturated carbocycles. The Morgan fingerprint density at radius 1 is 1.12 bits per heavy atom. The van der Waals surface area contributed by atoms with Crippen LogP contribution in [0.25, 0.3) is 0 Å². The van der Waals surface area contributed by atoms with Gasteiger partial charge in [-0.1, -0.05) is 33.8 Å². The highest BCUT2D eigenvalue weighted by molar-refractivity contribution is 5.44. The third-order valence-electron chi connectivity index (χ3n) is 3.16. The van der Waals surface area contributed by atoms with E-state index in [1.165, 1.54) is 5.56 Å². The summed E-state index contributed by atoms with van der Waals surface area (Å²) in [6.07, 6.45) is 0.975. The molecule has 0 saturated heterocycles. The lowest BCUT2D eigenvalue weighted by Crippen LogP contribution is -2.14. The van der Waals surface area contributed by atoms with Gasteiger partial charge in [-0.25, -0.2) is 0 Å². The fraction of sp³-hybridized carbons (Fsp3) is 0.600. The van der Waals surface area contributed by atoms with E-state index >= 15 is 0 Å². The van der Waals surface area contributed by atoms with Gasteiger partial charge in [-0.05, 0) is 47.9 Å². The second-order valence-electron chi connectivity index (χ2n) is 5.66. The molecule has 1 aromatic rings. The number of hydrogen-bond acceptors (Lipinski definition) is 2. The first-order valence-corrected chi connectivity index (χ1v) is 6.41. The first-order valence-electron chi connectivity index (χ1n) is 6.41. The summed E-state index contributed by atoms with van der Waals surface area (Å²) in [5.41, 5.74) is 9.48. The van der Waals surface area contributed by atoms with Crippen molar-refractivity contribution in [1.29, 1.82) is 0 Å². The van der Waals surface area contributed by atoms with E-state index in [2.05, 4.69) is 33.8 Å². The first-order chi connectivity index (χ1) is 7.82. The molecule has 3 N–H and O–H groups in total. The standard InChI is InChI=1S/C15H25NO/c1-9(2)6-14(16)13-8-12(10(3)4)15(17)7-11(13)5/h7-10,14,17H,6,16H2,1-5H3. The van der Waals surface area contributed by atoms with Crippen LogP contribution in [0.2, 0.25) is 0 Å². The summed E-state index contributed by atoms with van der Waals surface area (Å²) in [6, 6.07) is 3.97. The zero-order valence-corrected chi connectivity index (χ0v) is 11.6. The second kappa shape index (κ2) is 5.54. The van der Waals surface area contributed by atoms with Crippen molar-refractivity contribution >= 4 is 0 Å². The molecule has 0 aromatic heterocycles. The van der Waals surface area contributed by atoms with E-state index < -0.39 is 0 Å². The largest absolute Gasteiger partial charge is 0.508 e. The lowest BCUT2D eigenvalue weighted by atomic mass is 9.90. The van der Waals surface area contributed by atoms with Crippen molar-refractivity contribution in [3.05, 3.63) is 28.8 Å². The Kier molecular flexibility index (Phi) is 4.58. The molecule has 2 heteroatoms. The Hall–Kier alpha value is -1.02. The van der Waals surface area contributed by atoms with Gasteiger partial charge in [-0.3, -0.25) is 0 Å². The Balaban J connectivity index is 3.11. The third kappa shape index (κ3) is 3.47. The van der Waals surface area contributed by atoms with Crippen molar-refractivity contribution in [2.24, 2.45) is 11.7 Å². The van der Waals surface area contributed by atoms with E-state index in [0.717, 1.165) is 17.5 Å². The second-order valence-corrected chi connectivity index (χ2v) is 5.66. The molecule has 0 bridgehead atoms. The van der Waals surface area contributed by atoms with Crippen molar-refractivity contribution in [1.82, 2.24) is 0 Å². The van der Waals surface area contributed by atoms with Crippen molar-refractivity contribution in [3.8, 4) is 5.75 Å². The number of rotatable bonds is 4. The molecule has 0 radical (unpaired) electrons. The van der Waals surface area contributed by atoms with E-state index in [4.69, 9.17) is 5.73 Å². The SMILES string of the molecule is Cc1cc(O)c(C(C)C)cc1C(N)CC(C)C. The Morgan fingerprint density at radius 2 is 1.71 bits per heavy atom. The molecule has 0 heterocycles. The molecule has 17 heavy (non-hydrogen) atoms. The van der Waals surface area contributed by atoms with E-state index in [0.29, 0.717) is 17.6 Å². The summed E-state index contributed by atoms with van der Waals surface area (Å²) in [4.78, 5) is 0. The maximum atomic E-state index is 9.91. The van der Waals surface area contributed by atoms with Gasteiger partial charge in [0, 0.05) is 6.04 Å². The van der Waals surface area contributed by atoms with Crippen molar-refractivity contribution in [2.75, 3.05) is 0 Å². The number of hydrogen-bond donors (Lipinski definition) is 2. The molecule has 1 rings (SSSR count). The normalized spacial score (nSPS) is 13.4. The highest BCUT2D eigenvalue weighted by Gasteiger charge is 2.15. The highest BCUT2D eigenvalue weighted by atomic mass is 16.3. The number of phenols is 1. The zero-order valence-electron chi connectivity index (χ0n) is 11.6. The number of nitrogens with two attached hydrogens (primary N) is 1. The zero-order chi connectivity index (χ0) is 13.2. The summed E-state index contributed by atoms with van der Waals surface area (Å²) in [7, 11) is 0. The average molecular weight is 235 g/mol. The molecule has 0 aliphatic rings. The smallest absolute Gasteiger partial charge is 0.119 e. The highest BCUT2D eigenvalue weighted by Crippen LogP contribution is 2.32. The van der Waals surface area contributed by atoms with Crippen LogP contribution in [-0.2, 0) is 0 Å². The van der Waals surface area contributed by atoms with Gasteiger partial charge in [0.05, 0.1) is 0 Å². The Labute approximate surface area is 105 Å². The fourth-order valence-corrected chi connectivity index (χ4v) is 2.22. The molecule has 0 aliphatic carbocycles. The Morgan fingerprint density at radius 3 is 2.18 bits per heavy atom. The van der Waals surface area contributed by atoms with Crippen molar-refractivity contribution in [2.45, 2.75) is 53.0 Å². The molecule has 0 spiro atoms. The summed E-state index contributed by atoms with van der Waals surface area (Å²) in [5, 5.41) is 9.91. The molecule has 1 atom stereocenters. The van der Waals surface area contributed by atoms with Crippen molar-refractivity contribution in [3.63, 3.8) is 0 Å². The van der Waals surface area contributed by atoms with Crippen LogP contribution in [0.4, 0.5) is 0 Å². The molecule has 0 amide bonds. The van der Waals surface area contributed by atoms with Crippen LogP contribution in [0.1, 0.15) is 62.8 Å². The minimum Gasteiger partial charge on any atom is -0.508 e. The Bertz CT molecular complexity index is 383. The van der Waals surface area contributed by atoms with Crippen LogP contribution in [0, 0.1) is 12.8 Å². The first kappa shape index (κ1) is 14.0. The average Bonchev–Trinajstić information content (AvgIpc) is 2.15. The van der Waals surface area contributed by atoms with Gasteiger partial charge in [0.2, 0.25) is 0 Å². The summed E-state index contributed by atoms with van der Waals surface area (Å²) >= 11 is 0. The predicted molar refractivity (Wildman–Crippen MR) is 73.3 cm³/mol. The molecular formula is C15H25NO.